The van der Waals surface area contributed by atoms with Gasteiger partial charge in [0.1, 0.15) is 0 Å². The van der Waals surface area contributed by atoms with Gasteiger partial charge in [0.25, 0.3) is 0 Å². The molecule has 0 aliphatic heterocycles. The van der Waals surface area contributed by atoms with E-state index in [0.717, 1.165) is 0 Å². The second-order valence-electron chi connectivity index (χ2n) is 4.23. The standard InChI is InChI=1S/C12H9F3N4O3/c1-6(20)16-7-3-2-4-8(5-7)19-10(12(13,14)15)9(11(21)22)17-18-19/h2-5H,1H3,(H,16,20)(H,21,22). The number of halogens is 3. The van der Waals surface area contributed by atoms with E-state index in [-0.39, 0.29) is 11.4 Å². The largest absolute Gasteiger partial charge is 0.476 e. The minimum absolute atomic E-state index is 0.0847. The number of carboxylic acids is 1. The molecule has 2 aromatic rings. The molecule has 0 unspecified atom stereocenters. The first-order chi connectivity index (χ1) is 10.2. The first-order valence-corrected chi connectivity index (χ1v) is 5.84. The lowest BCUT2D eigenvalue weighted by molar-refractivity contribution is -0.143. The van der Waals surface area contributed by atoms with Crippen LogP contribution in [0.5, 0.6) is 0 Å². The summed E-state index contributed by atoms with van der Waals surface area (Å²) in [5, 5.41) is 17.5. The van der Waals surface area contributed by atoms with Gasteiger partial charge in [-0.05, 0) is 18.2 Å². The zero-order valence-corrected chi connectivity index (χ0v) is 11.0. The number of hydrogen-bond donors (Lipinski definition) is 2. The quantitative estimate of drug-likeness (QED) is 0.902. The average Bonchev–Trinajstić information content (AvgIpc) is 2.82. The Hall–Kier alpha value is -2.91. The molecule has 7 nitrogen and oxygen atoms in total. The van der Waals surface area contributed by atoms with Crippen LogP contribution >= 0.6 is 0 Å². The Bertz CT molecular complexity index is 739. The van der Waals surface area contributed by atoms with Crippen molar-refractivity contribution < 1.29 is 27.9 Å². The number of carbonyl (C=O) groups is 2. The highest BCUT2D eigenvalue weighted by molar-refractivity contribution is 5.89. The molecule has 2 rings (SSSR count). The van der Waals surface area contributed by atoms with Crippen LogP contribution in [0.25, 0.3) is 5.69 Å². The second-order valence-corrected chi connectivity index (χ2v) is 4.23. The van der Waals surface area contributed by atoms with Crippen molar-refractivity contribution in [2.75, 3.05) is 5.32 Å². The van der Waals surface area contributed by atoms with Crippen LogP contribution in [0, 0.1) is 0 Å². The zero-order valence-electron chi connectivity index (χ0n) is 11.0. The van der Waals surface area contributed by atoms with Crippen molar-refractivity contribution in [3.8, 4) is 5.69 Å². The van der Waals surface area contributed by atoms with Crippen LogP contribution in [-0.2, 0) is 11.0 Å². The molecule has 0 saturated heterocycles. The number of alkyl halides is 3. The summed E-state index contributed by atoms with van der Waals surface area (Å²) in [7, 11) is 0. The van der Waals surface area contributed by atoms with Gasteiger partial charge in [0, 0.05) is 12.6 Å². The van der Waals surface area contributed by atoms with E-state index < -0.39 is 29.4 Å². The highest BCUT2D eigenvalue weighted by atomic mass is 19.4. The number of aromatic carboxylic acids is 1. The summed E-state index contributed by atoms with van der Waals surface area (Å²) in [6.07, 6.45) is -4.96. The van der Waals surface area contributed by atoms with E-state index in [9.17, 15) is 22.8 Å². The maximum Gasteiger partial charge on any atom is 0.436 e. The fourth-order valence-electron chi connectivity index (χ4n) is 1.78. The molecule has 116 valence electrons. The predicted molar refractivity (Wildman–Crippen MR) is 67.6 cm³/mol. The number of anilines is 1. The Morgan fingerprint density at radius 1 is 1.32 bits per heavy atom. The summed E-state index contributed by atoms with van der Waals surface area (Å²) < 4.78 is 39.6. The molecule has 0 spiro atoms. The van der Waals surface area contributed by atoms with Crippen molar-refractivity contribution in [2.24, 2.45) is 0 Å². The van der Waals surface area contributed by atoms with Gasteiger partial charge in [0.05, 0.1) is 5.69 Å². The van der Waals surface area contributed by atoms with Crippen LogP contribution in [0.15, 0.2) is 24.3 Å². The van der Waals surface area contributed by atoms with Crippen LogP contribution in [0.4, 0.5) is 18.9 Å². The van der Waals surface area contributed by atoms with E-state index in [4.69, 9.17) is 5.11 Å². The molecule has 0 aliphatic carbocycles. The lowest BCUT2D eigenvalue weighted by Crippen LogP contribution is -2.17. The van der Waals surface area contributed by atoms with Gasteiger partial charge in [-0.2, -0.15) is 13.2 Å². The van der Waals surface area contributed by atoms with E-state index in [1.165, 1.54) is 31.2 Å². The number of benzene rings is 1. The van der Waals surface area contributed by atoms with Crippen molar-refractivity contribution in [3.05, 3.63) is 35.7 Å². The van der Waals surface area contributed by atoms with Gasteiger partial charge in [0.2, 0.25) is 11.6 Å². The Balaban J connectivity index is 2.58. The van der Waals surface area contributed by atoms with Crippen LogP contribution in [0.1, 0.15) is 23.1 Å². The Morgan fingerprint density at radius 2 is 2.00 bits per heavy atom. The second kappa shape index (κ2) is 5.47. The molecule has 0 bridgehead atoms. The molecular formula is C12H9F3N4O3. The number of hydrogen-bond acceptors (Lipinski definition) is 4. The number of nitrogens with one attached hydrogen (secondary N) is 1. The monoisotopic (exact) mass is 314 g/mol. The first kappa shape index (κ1) is 15.5. The van der Waals surface area contributed by atoms with Crippen LogP contribution in [0.3, 0.4) is 0 Å². The molecule has 0 fully saturated rings. The summed E-state index contributed by atoms with van der Waals surface area (Å²) in [6.45, 7) is 1.24. The molecule has 0 radical (unpaired) electrons. The number of carbonyl (C=O) groups excluding carboxylic acids is 1. The summed E-state index contributed by atoms with van der Waals surface area (Å²) in [6, 6.07) is 5.36. The van der Waals surface area contributed by atoms with Gasteiger partial charge in [0.15, 0.2) is 5.69 Å². The SMILES string of the molecule is CC(=O)Nc1cccc(-n2nnc(C(=O)O)c2C(F)(F)F)c1. The third-order valence-corrected chi connectivity index (χ3v) is 2.55. The molecule has 0 aliphatic rings. The number of rotatable bonds is 3. The maximum atomic E-state index is 13.1. The summed E-state index contributed by atoms with van der Waals surface area (Å²) >= 11 is 0. The number of nitrogens with zero attached hydrogens (tertiary/aromatic N) is 3. The fraction of sp³-hybridized carbons (Fsp3) is 0.167. The number of aromatic nitrogens is 3. The zero-order chi connectivity index (χ0) is 16.5. The van der Waals surface area contributed by atoms with Gasteiger partial charge >= 0.3 is 12.1 Å². The molecule has 1 amide bonds. The average molecular weight is 314 g/mol. The smallest absolute Gasteiger partial charge is 0.436 e. The molecule has 22 heavy (non-hydrogen) atoms. The van der Waals surface area contributed by atoms with Gasteiger partial charge in [-0.3, -0.25) is 4.79 Å². The van der Waals surface area contributed by atoms with Crippen molar-refractivity contribution >= 4 is 17.6 Å². The van der Waals surface area contributed by atoms with E-state index in [1.54, 1.807) is 0 Å². The van der Waals surface area contributed by atoms with Crippen molar-refractivity contribution in [3.63, 3.8) is 0 Å². The Labute approximate surface area is 121 Å². The van der Waals surface area contributed by atoms with E-state index in [0.29, 0.717) is 4.68 Å². The van der Waals surface area contributed by atoms with Crippen LogP contribution in [-0.4, -0.2) is 32.0 Å². The topological polar surface area (TPSA) is 97.1 Å². The summed E-state index contributed by atoms with van der Waals surface area (Å²) in [4.78, 5) is 21.8. The van der Waals surface area contributed by atoms with Crippen molar-refractivity contribution in [1.82, 2.24) is 15.0 Å². The minimum Gasteiger partial charge on any atom is -0.476 e. The molecule has 1 aromatic heterocycles. The third kappa shape index (κ3) is 3.05. The first-order valence-electron chi connectivity index (χ1n) is 5.84. The van der Waals surface area contributed by atoms with Gasteiger partial charge in [-0.25, -0.2) is 9.48 Å². The van der Waals surface area contributed by atoms with Gasteiger partial charge < -0.3 is 10.4 Å². The highest BCUT2D eigenvalue weighted by Crippen LogP contribution is 2.33. The lowest BCUT2D eigenvalue weighted by atomic mass is 10.2. The Kier molecular flexibility index (Phi) is 3.85. The molecule has 1 heterocycles. The van der Waals surface area contributed by atoms with Gasteiger partial charge in [-0.1, -0.05) is 11.3 Å². The highest BCUT2D eigenvalue weighted by Gasteiger charge is 2.42. The number of carboxylic acid groups (broad SMARTS) is 1. The van der Waals surface area contributed by atoms with Crippen LogP contribution < -0.4 is 5.32 Å². The van der Waals surface area contributed by atoms with Gasteiger partial charge in [-0.15, -0.1) is 5.10 Å². The van der Waals surface area contributed by atoms with E-state index in [1.807, 2.05) is 0 Å². The summed E-state index contributed by atoms with van der Waals surface area (Å²) in [5.74, 6) is -2.24. The lowest BCUT2D eigenvalue weighted by Gasteiger charge is -2.11. The minimum atomic E-state index is -4.96. The van der Waals surface area contributed by atoms with E-state index >= 15 is 0 Å². The molecule has 1 aromatic carbocycles. The fourth-order valence-corrected chi connectivity index (χ4v) is 1.78. The number of amides is 1. The maximum absolute atomic E-state index is 13.1. The molecule has 0 atom stereocenters. The predicted octanol–water partition coefficient (Wildman–Crippen LogP) is 1.94. The molecule has 0 saturated carbocycles. The van der Waals surface area contributed by atoms with Crippen LogP contribution in [0.2, 0.25) is 0 Å². The van der Waals surface area contributed by atoms with Crippen molar-refractivity contribution in [2.45, 2.75) is 13.1 Å². The molecule has 2 N–H and O–H groups in total. The molecule has 10 heteroatoms. The Morgan fingerprint density at radius 3 is 2.55 bits per heavy atom. The molecular weight excluding hydrogens is 305 g/mol. The van der Waals surface area contributed by atoms with Crippen molar-refractivity contribution in [1.29, 1.82) is 0 Å². The normalized spacial score (nSPS) is 11.3. The van der Waals surface area contributed by atoms with E-state index in [2.05, 4.69) is 15.6 Å². The summed E-state index contributed by atoms with van der Waals surface area (Å²) in [5.41, 5.74) is -2.54. The third-order valence-electron chi connectivity index (χ3n) is 2.55.